The van der Waals surface area contributed by atoms with Gasteiger partial charge in [-0.15, -0.1) is 5.11 Å². The number of benzene rings is 1. The van der Waals surface area contributed by atoms with Crippen LogP contribution in [0.2, 0.25) is 0 Å². The maximum Gasteiger partial charge on any atom is 0.173 e. The average Bonchev–Trinajstić information content (AvgIpc) is 2.22. The fraction of sp³-hybridized carbons (Fsp3) is 0.100. The third kappa shape index (κ3) is 2.82. The van der Waals surface area contributed by atoms with Crippen molar-refractivity contribution in [2.45, 2.75) is 6.92 Å². The summed E-state index contributed by atoms with van der Waals surface area (Å²) in [5.74, 6) is 0. The van der Waals surface area contributed by atoms with E-state index in [2.05, 4.69) is 10.2 Å². The maximum atomic E-state index is 10.2. The van der Waals surface area contributed by atoms with Crippen molar-refractivity contribution >= 4 is 12.0 Å². The van der Waals surface area contributed by atoms with Crippen molar-refractivity contribution < 1.29 is 9.90 Å². The van der Waals surface area contributed by atoms with Crippen molar-refractivity contribution in [1.82, 2.24) is 0 Å². The van der Waals surface area contributed by atoms with Crippen molar-refractivity contribution in [3.8, 4) is 0 Å². The highest BCUT2D eigenvalue weighted by molar-refractivity contribution is 5.71. The van der Waals surface area contributed by atoms with E-state index in [-0.39, 0.29) is 5.70 Å². The Morgan fingerprint density at radius 2 is 2.00 bits per heavy atom. The Labute approximate surface area is 81.6 Å². The van der Waals surface area contributed by atoms with Gasteiger partial charge in [-0.2, -0.15) is 5.11 Å². The predicted molar refractivity (Wildman–Crippen MR) is 52.5 cm³/mol. The van der Waals surface area contributed by atoms with E-state index < -0.39 is 0 Å². The summed E-state index contributed by atoms with van der Waals surface area (Å²) in [5, 5.41) is 15.8. The zero-order valence-electron chi connectivity index (χ0n) is 7.71. The number of aliphatic hydroxyl groups excluding tert-OH is 1. The minimum Gasteiger partial charge on any atom is -0.513 e. The lowest BCUT2D eigenvalue weighted by Gasteiger charge is -1.92. The summed E-state index contributed by atoms with van der Waals surface area (Å²) < 4.78 is 0. The Morgan fingerprint density at radius 1 is 1.36 bits per heavy atom. The molecule has 0 unspecified atom stereocenters. The van der Waals surface area contributed by atoms with Crippen LogP contribution in [0.4, 0.5) is 5.69 Å². The molecule has 1 N–H and O–H groups in total. The van der Waals surface area contributed by atoms with Gasteiger partial charge in [0.15, 0.2) is 12.0 Å². The van der Waals surface area contributed by atoms with Gasteiger partial charge in [0.25, 0.3) is 0 Å². The van der Waals surface area contributed by atoms with Gasteiger partial charge in [0.2, 0.25) is 0 Å². The Balaban J connectivity index is 2.78. The molecular formula is C10H10N2O2. The van der Waals surface area contributed by atoms with Crippen molar-refractivity contribution in [3.05, 3.63) is 41.8 Å². The molecule has 14 heavy (non-hydrogen) atoms. The number of carbonyl (C=O) groups is 1. The Bertz CT molecular complexity index is 366. The average molecular weight is 190 g/mol. The van der Waals surface area contributed by atoms with Crippen LogP contribution >= 0.6 is 0 Å². The Morgan fingerprint density at radius 3 is 2.50 bits per heavy atom. The second kappa shape index (κ2) is 4.91. The van der Waals surface area contributed by atoms with Crippen molar-refractivity contribution in [1.29, 1.82) is 0 Å². The van der Waals surface area contributed by atoms with E-state index in [1.807, 2.05) is 19.1 Å². The van der Waals surface area contributed by atoms with Crippen LogP contribution in [-0.4, -0.2) is 11.4 Å². The molecule has 4 nitrogen and oxygen atoms in total. The first-order valence-corrected chi connectivity index (χ1v) is 4.04. The van der Waals surface area contributed by atoms with Gasteiger partial charge in [0.1, 0.15) is 6.26 Å². The SMILES string of the molecule is Cc1ccc(N=N/C(C=O)=C/O)cc1. The number of aliphatic hydroxyl groups is 1. The number of nitrogens with zero attached hydrogens (tertiary/aromatic N) is 2. The highest BCUT2D eigenvalue weighted by atomic mass is 16.2. The minimum absolute atomic E-state index is 0.106. The topological polar surface area (TPSA) is 62.0 Å². The number of azo groups is 1. The first kappa shape index (κ1) is 10.1. The van der Waals surface area contributed by atoms with Crippen LogP contribution in [-0.2, 0) is 4.79 Å². The molecule has 1 aromatic carbocycles. The first-order valence-electron chi connectivity index (χ1n) is 4.04. The lowest BCUT2D eigenvalue weighted by molar-refractivity contribution is -0.105. The molecule has 1 rings (SSSR count). The predicted octanol–water partition coefficient (Wildman–Crippen LogP) is 2.68. The van der Waals surface area contributed by atoms with E-state index in [4.69, 9.17) is 5.11 Å². The lowest BCUT2D eigenvalue weighted by Crippen LogP contribution is -1.77. The van der Waals surface area contributed by atoms with Crippen LogP contribution in [0.1, 0.15) is 5.56 Å². The third-order valence-electron chi connectivity index (χ3n) is 1.57. The van der Waals surface area contributed by atoms with Gasteiger partial charge >= 0.3 is 0 Å². The molecule has 0 spiro atoms. The molecule has 4 heteroatoms. The van der Waals surface area contributed by atoms with E-state index in [9.17, 15) is 4.79 Å². The molecule has 0 aliphatic heterocycles. The summed E-state index contributed by atoms with van der Waals surface area (Å²) in [6.07, 6.45) is 1.04. The number of hydrogen-bond donors (Lipinski definition) is 1. The van der Waals surface area contributed by atoms with Gasteiger partial charge in [0, 0.05) is 0 Å². The van der Waals surface area contributed by atoms with Crippen LogP contribution in [0.3, 0.4) is 0 Å². The fourth-order valence-electron chi connectivity index (χ4n) is 0.807. The molecule has 0 fully saturated rings. The van der Waals surface area contributed by atoms with Gasteiger partial charge < -0.3 is 5.11 Å². The summed E-state index contributed by atoms with van der Waals surface area (Å²) in [6.45, 7) is 1.96. The molecule has 0 heterocycles. The smallest absolute Gasteiger partial charge is 0.173 e. The largest absolute Gasteiger partial charge is 0.513 e. The maximum absolute atomic E-state index is 10.2. The van der Waals surface area contributed by atoms with E-state index in [0.29, 0.717) is 18.2 Å². The summed E-state index contributed by atoms with van der Waals surface area (Å²) in [4.78, 5) is 10.2. The summed E-state index contributed by atoms with van der Waals surface area (Å²) in [5.41, 5.74) is 1.65. The number of aryl methyl sites for hydroxylation is 1. The van der Waals surface area contributed by atoms with Crippen molar-refractivity contribution in [3.63, 3.8) is 0 Å². The van der Waals surface area contributed by atoms with E-state index in [1.165, 1.54) is 0 Å². The van der Waals surface area contributed by atoms with E-state index >= 15 is 0 Å². The minimum atomic E-state index is -0.106. The van der Waals surface area contributed by atoms with Gasteiger partial charge in [-0.05, 0) is 19.1 Å². The highest BCUT2D eigenvalue weighted by Gasteiger charge is 1.91. The summed E-state index contributed by atoms with van der Waals surface area (Å²) in [6, 6.07) is 7.33. The second-order valence-electron chi connectivity index (χ2n) is 2.71. The van der Waals surface area contributed by atoms with Crippen LogP contribution in [0.15, 0.2) is 46.5 Å². The van der Waals surface area contributed by atoms with Crippen LogP contribution in [0.5, 0.6) is 0 Å². The molecule has 0 amide bonds. The van der Waals surface area contributed by atoms with Crippen molar-refractivity contribution in [2.24, 2.45) is 10.2 Å². The number of carbonyl (C=O) groups excluding carboxylic acids is 1. The van der Waals surface area contributed by atoms with Crippen LogP contribution in [0.25, 0.3) is 0 Å². The number of hydrogen-bond acceptors (Lipinski definition) is 4. The van der Waals surface area contributed by atoms with Crippen LogP contribution in [0, 0.1) is 6.92 Å². The molecule has 0 aliphatic rings. The van der Waals surface area contributed by atoms with Crippen LogP contribution < -0.4 is 0 Å². The Kier molecular flexibility index (Phi) is 3.55. The van der Waals surface area contributed by atoms with Gasteiger partial charge in [-0.1, -0.05) is 17.7 Å². The van der Waals surface area contributed by atoms with Gasteiger partial charge in [-0.25, -0.2) is 0 Å². The standard InChI is InChI=1S/C10H10N2O2/c1-8-2-4-9(5-3-8)11-12-10(6-13)7-14/h2-7,13H,1H3/b10-6+,12-11?. The molecule has 0 atom stereocenters. The molecule has 0 saturated carbocycles. The summed E-state index contributed by atoms with van der Waals surface area (Å²) in [7, 11) is 0. The molecule has 0 radical (unpaired) electrons. The quantitative estimate of drug-likeness (QED) is 0.344. The number of rotatable bonds is 3. The molecule has 72 valence electrons. The summed E-state index contributed by atoms with van der Waals surface area (Å²) >= 11 is 0. The number of allylic oxidation sites excluding steroid dienone is 1. The molecule has 1 aromatic rings. The number of aldehydes is 1. The molecule has 0 bridgehead atoms. The zero-order chi connectivity index (χ0) is 10.4. The van der Waals surface area contributed by atoms with E-state index in [1.54, 1.807) is 12.1 Å². The molecule has 0 aliphatic carbocycles. The second-order valence-corrected chi connectivity index (χ2v) is 2.71. The highest BCUT2D eigenvalue weighted by Crippen LogP contribution is 2.13. The normalized spacial score (nSPS) is 11.9. The first-order chi connectivity index (χ1) is 6.76. The lowest BCUT2D eigenvalue weighted by atomic mass is 10.2. The Hall–Kier alpha value is -1.97. The molecule has 0 aromatic heterocycles. The monoisotopic (exact) mass is 190 g/mol. The molecule has 0 saturated heterocycles. The third-order valence-corrected chi connectivity index (χ3v) is 1.57. The van der Waals surface area contributed by atoms with Crippen molar-refractivity contribution in [2.75, 3.05) is 0 Å². The van der Waals surface area contributed by atoms with Gasteiger partial charge in [-0.3, -0.25) is 4.79 Å². The fourth-order valence-corrected chi connectivity index (χ4v) is 0.807. The zero-order valence-corrected chi connectivity index (χ0v) is 7.71. The molecular weight excluding hydrogens is 180 g/mol. The van der Waals surface area contributed by atoms with Gasteiger partial charge in [0.05, 0.1) is 5.69 Å². The van der Waals surface area contributed by atoms with E-state index in [0.717, 1.165) is 5.56 Å².